The smallest absolute Gasteiger partial charge is 0.129 e. The average molecular weight is 296 g/mol. The highest BCUT2D eigenvalue weighted by Gasteiger charge is 2.08. The third-order valence-electron chi connectivity index (χ3n) is 2.86. The van der Waals surface area contributed by atoms with Crippen LogP contribution in [-0.2, 0) is 0 Å². The second kappa shape index (κ2) is 6.24. The minimum Gasteiger partial charge on any atom is -0.309 e. The largest absolute Gasteiger partial charge is 0.309 e. The Morgan fingerprint density at radius 1 is 1.11 bits per heavy atom. The first kappa shape index (κ1) is 14.1. The van der Waals surface area contributed by atoms with E-state index in [1.54, 1.807) is 12.3 Å². The summed E-state index contributed by atoms with van der Waals surface area (Å²) in [5.41, 5.74) is 5.47. The van der Waals surface area contributed by atoms with Crippen molar-refractivity contribution < 1.29 is 0 Å². The Hall–Kier alpha value is -1.29. The van der Waals surface area contributed by atoms with Gasteiger partial charge in [0.05, 0.1) is 11.9 Å². The lowest BCUT2D eigenvalue weighted by atomic mass is 10.1. The number of anilines is 1. The van der Waals surface area contributed by atoms with Gasteiger partial charge in [0, 0.05) is 18.1 Å². The van der Waals surface area contributed by atoms with Gasteiger partial charge in [-0.25, -0.2) is 10.4 Å². The normalized spacial score (nSPS) is 12.2. The molecule has 0 fully saturated rings. The van der Waals surface area contributed by atoms with Gasteiger partial charge in [-0.1, -0.05) is 35.3 Å². The Labute approximate surface area is 123 Å². The van der Waals surface area contributed by atoms with E-state index in [0.29, 0.717) is 5.15 Å². The zero-order chi connectivity index (χ0) is 13.8. The van der Waals surface area contributed by atoms with E-state index in [1.807, 2.05) is 42.4 Å². The van der Waals surface area contributed by atoms with Crippen molar-refractivity contribution in [3.8, 4) is 0 Å². The number of nitrogens with one attached hydrogen (secondary N) is 1. The molecule has 0 saturated heterocycles. The highest BCUT2D eigenvalue weighted by molar-refractivity contribution is 6.30. The van der Waals surface area contributed by atoms with Crippen molar-refractivity contribution in [1.82, 2.24) is 10.4 Å². The SMILES string of the molecule is CC(NN(C)c1ccc(Cl)nc1)c1ccc(Cl)cc1. The topological polar surface area (TPSA) is 28.2 Å². The van der Waals surface area contributed by atoms with Crippen molar-refractivity contribution in [3.05, 3.63) is 58.3 Å². The number of halogens is 2. The molecule has 3 nitrogen and oxygen atoms in total. The molecule has 2 aromatic rings. The lowest BCUT2D eigenvalue weighted by Crippen LogP contribution is -2.36. The van der Waals surface area contributed by atoms with Crippen molar-refractivity contribution in [3.63, 3.8) is 0 Å². The number of benzene rings is 1. The van der Waals surface area contributed by atoms with Gasteiger partial charge in [-0.2, -0.15) is 0 Å². The highest BCUT2D eigenvalue weighted by atomic mass is 35.5. The Morgan fingerprint density at radius 2 is 1.79 bits per heavy atom. The van der Waals surface area contributed by atoms with Gasteiger partial charge >= 0.3 is 0 Å². The summed E-state index contributed by atoms with van der Waals surface area (Å²) in [4.78, 5) is 4.06. The van der Waals surface area contributed by atoms with Crippen LogP contribution in [0.1, 0.15) is 18.5 Å². The van der Waals surface area contributed by atoms with Crippen LogP contribution in [0.5, 0.6) is 0 Å². The van der Waals surface area contributed by atoms with E-state index >= 15 is 0 Å². The van der Waals surface area contributed by atoms with Gasteiger partial charge in [0.25, 0.3) is 0 Å². The van der Waals surface area contributed by atoms with Gasteiger partial charge in [-0.3, -0.25) is 0 Å². The van der Waals surface area contributed by atoms with Gasteiger partial charge in [0.2, 0.25) is 0 Å². The number of aromatic nitrogens is 1. The number of hydrogen-bond donors (Lipinski definition) is 1. The predicted octanol–water partition coefficient (Wildman–Crippen LogP) is 4.09. The quantitative estimate of drug-likeness (QED) is 0.680. The van der Waals surface area contributed by atoms with Crippen molar-refractivity contribution >= 4 is 28.9 Å². The monoisotopic (exact) mass is 295 g/mol. The van der Waals surface area contributed by atoms with Crippen LogP contribution in [0.25, 0.3) is 0 Å². The van der Waals surface area contributed by atoms with E-state index in [-0.39, 0.29) is 6.04 Å². The summed E-state index contributed by atoms with van der Waals surface area (Å²) >= 11 is 11.7. The molecule has 100 valence electrons. The molecule has 0 aliphatic heterocycles. The molecule has 1 aromatic carbocycles. The maximum absolute atomic E-state index is 5.88. The van der Waals surface area contributed by atoms with Crippen LogP contribution in [0.3, 0.4) is 0 Å². The van der Waals surface area contributed by atoms with Crippen molar-refractivity contribution in [2.45, 2.75) is 13.0 Å². The Morgan fingerprint density at radius 3 is 2.37 bits per heavy atom. The Balaban J connectivity index is 2.03. The Kier molecular flexibility index (Phi) is 4.64. The molecule has 19 heavy (non-hydrogen) atoms. The number of pyridine rings is 1. The minimum absolute atomic E-state index is 0.165. The molecule has 1 heterocycles. The zero-order valence-electron chi connectivity index (χ0n) is 10.8. The second-order valence-corrected chi connectivity index (χ2v) is 5.12. The summed E-state index contributed by atoms with van der Waals surface area (Å²) in [7, 11) is 1.94. The molecule has 0 amide bonds. The van der Waals surface area contributed by atoms with Gasteiger partial charge in [-0.15, -0.1) is 0 Å². The molecule has 1 atom stereocenters. The summed E-state index contributed by atoms with van der Waals surface area (Å²) in [6.45, 7) is 2.09. The third-order valence-corrected chi connectivity index (χ3v) is 3.33. The number of nitrogens with zero attached hydrogens (tertiary/aromatic N) is 2. The molecule has 0 spiro atoms. The van der Waals surface area contributed by atoms with Crippen LogP contribution in [0.4, 0.5) is 5.69 Å². The molecule has 0 radical (unpaired) electrons. The van der Waals surface area contributed by atoms with Crippen molar-refractivity contribution in [1.29, 1.82) is 0 Å². The number of rotatable bonds is 4. The van der Waals surface area contributed by atoms with Gasteiger partial charge in [0.15, 0.2) is 0 Å². The van der Waals surface area contributed by atoms with E-state index in [9.17, 15) is 0 Å². The van der Waals surface area contributed by atoms with Crippen LogP contribution in [0.15, 0.2) is 42.6 Å². The first-order chi connectivity index (χ1) is 9.06. The predicted molar refractivity (Wildman–Crippen MR) is 80.7 cm³/mol. The van der Waals surface area contributed by atoms with Crippen LogP contribution in [0.2, 0.25) is 10.2 Å². The number of hydrogen-bond acceptors (Lipinski definition) is 3. The summed E-state index contributed by atoms with van der Waals surface area (Å²) in [5.74, 6) is 0. The third kappa shape index (κ3) is 3.83. The fourth-order valence-corrected chi connectivity index (χ4v) is 2.00. The van der Waals surface area contributed by atoms with Gasteiger partial charge in [-0.05, 0) is 36.8 Å². The van der Waals surface area contributed by atoms with Crippen LogP contribution < -0.4 is 10.4 Å². The standard InChI is InChI=1S/C14H15Cl2N3/c1-10(11-3-5-12(15)6-4-11)18-19(2)13-7-8-14(16)17-9-13/h3-10,18H,1-2H3. The molecule has 0 saturated carbocycles. The lowest BCUT2D eigenvalue weighted by Gasteiger charge is -2.25. The lowest BCUT2D eigenvalue weighted by molar-refractivity contribution is 0.566. The summed E-state index contributed by atoms with van der Waals surface area (Å²) < 4.78 is 0. The molecule has 0 aliphatic rings. The van der Waals surface area contributed by atoms with E-state index < -0.39 is 0 Å². The van der Waals surface area contributed by atoms with Crippen LogP contribution in [0, 0.1) is 0 Å². The molecule has 1 N–H and O–H groups in total. The molecule has 2 rings (SSSR count). The van der Waals surface area contributed by atoms with Crippen LogP contribution >= 0.6 is 23.2 Å². The van der Waals surface area contributed by atoms with Gasteiger partial charge < -0.3 is 5.01 Å². The number of hydrazine groups is 1. The second-order valence-electron chi connectivity index (χ2n) is 4.30. The van der Waals surface area contributed by atoms with E-state index in [1.165, 1.54) is 0 Å². The van der Waals surface area contributed by atoms with E-state index in [2.05, 4.69) is 17.3 Å². The summed E-state index contributed by atoms with van der Waals surface area (Å²) in [6.07, 6.45) is 1.73. The van der Waals surface area contributed by atoms with Crippen molar-refractivity contribution in [2.24, 2.45) is 0 Å². The minimum atomic E-state index is 0.165. The first-order valence-electron chi connectivity index (χ1n) is 5.93. The van der Waals surface area contributed by atoms with E-state index in [0.717, 1.165) is 16.3 Å². The maximum Gasteiger partial charge on any atom is 0.129 e. The molecule has 1 unspecified atom stereocenters. The maximum atomic E-state index is 5.88. The van der Waals surface area contributed by atoms with Crippen molar-refractivity contribution in [2.75, 3.05) is 12.1 Å². The highest BCUT2D eigenvalue weighted by Crippen LogP contribution is 2.18. The van der Waals surface area contributed by atoms with Crippen LogP contribution in [-0.4, -0.2) is 12.0 Å². The molecule has 0 bridgehead atoms. The average Bonchev–Trinajstić information content (AvgIpc) is 2.40. The van der Waals surface area contributed by atoms with E-state index in [4.69, 9.17) is 23.2 Å². The van der Waals surface area contributed by atoms with Gasteiger partial charge in [0.1, 0.15) is 5.15 Å². The summed E-state index contributed by atoms with van der Waals surface area (Å²) in [6, 6.07) is 11.6. The molecule has 0 aliphatic carbocycles. The zero-order valence-corrected chi connectivity index (χ0v) is 12.3. The summed E-state index contributed by atoms with van der Waals surface area (Å²) in [5, 5.41) is 3.15. The first-order valence-corrected chi connectivity index (χ1v) is 6.69. The Bertz CT molecular complexity index is 476. The molecular weight excluding hydrogens is 281 g/mol. The molecule has 1 aromatic heterocycles. The fraction of sp³-hybridized carbons (Fsp3) is 0.214. The fourth-order valence-electron chi connectivity index (χ4n) is 1.76. The molecule has 5 heteroatoms. The molecular formula is C14H15Cl2N3.